The van der Waals surface area contributed by atoms with Gasteiger partial charge in [-0.2, -0.15) is 23.5 Å². The molecule has 0 bridgehead atoms. The topological polar surface area (TPSA) is 428 Å². The Morgan fingerprint density at radius 3 is 1.12 bits per heavy atom. The first-order valence-electron chi connectivity index (χ1n) is 21.9. The molecule has 8 amide bonds. The van der Waals surface area contributed by atoms with Crippen LogP contribution in [-0.4, -0.2) is 181 Å². The van der Waals surface area contributed by atoms with E-state index in [2.05, 4.69) is 42.5 Å². The molecular formula is C41H69N9O17S2. The third-order valence-electron chi connectivity index (χ3n) is 9.94. The highest BCUT2D eigenvalue weighted by Crippen LogP contribution is 2.10. The normalized spacial score (nSPS) is 15.4. The molecule has 0 spiro atoms. The zero-order chi connectivity index (χ0) is 53.1. The molecule has 0 saturated carbocycles. The van der Waals surface area contributed by atoms with E-state index in [1.165, 1.54) is 37.4 Å². The number of rotatable bonds is 35. The number of nitrogens with two attached hydrogens (primary N) is 1. The summed E-state index contributed by atoms with van der Waals surface area (Å²) in [4.78, 5) is 152. The Morgan fingerprint density at radius 2 is 0.768 bits per heavy atom. The third-order valence-corrected chi connectivity index (χ3v) is 11.2. The zero-order valence-electron chi connectivity index (χ0n) is 39.7. The van der Waals surface area contributed by atoms with E-state index in [0.717, 1.165) is 6.92 Å². The molecular weight excluding hydrogens is 955 g/mol. The molecule has 0 aromatic rings. The summed E-state index contributed by atoms with van der Waals surface area (Å²) in [6.07, 6.45) is -1.31. The van der Waals surface area contributed by atoms with Crippen molar-refractivity contribution in [2.24, 2.45) is 11.7 Å². The smallest absolute Gasteiger partial charge is 0.326 e. The molecule has 15 N–H and O–H groups in total. The summed E-state index contributed by atoms with van der Waals surface area (Å²) in [5, 5.41) is 66.4. The van der Waals surface area contributed by atoms with Crippen LogP contribution in [0, 0.1) is 5.92 Å². The summed E-state index contributed by atoms with van der Waals surface area (Å²) in [7, 11) is 0. The van der Waals surface area contributed by atoms with Gasteiger partial charge in [-0.1, -0.05) is 13.8 Å². The zero-order valence-corrected chi connectivity index (χ0v) is 41.3. The molecule has 0 aliphatic carbocycles. The van der Waals surface area contributed by atoms with Crippen LogP contribution in [0.1, 0.15) is 92.4 Å². The highest BCUT2D eigenvalue weighted by molar-refractivity contribution is 7.98. The van der Waals surface area contributed by atoms with Crippen LogP contribution in [0.25, 0.3) is 0 Å². The van der Waals surface area contributed by atoms with Crippen LogP contribution in [0.2, 0.25) is 0 Å². The van der Waals surface area contributed by atoms with Crippen molar-refractivity contribution in [1.82, 2.24) is 42.5 Å². The standard InChI is InChI=1S/C41H69N9O17S2/c1-19(2)18-28(41(66)67)49-38(63)26(10-13-31(56)57)47-39(64)27(15-17-69-7)48-37(62)25(9-12-30(54)55)46-33(58)20(3)43-36(61)24(8-11-29(52)53)45-34(59)21(4)44-40(65)32(22(5)51)50-35(60)23(42)14-16-68-6/h19-28,32,51H,8-18,42H2,1-7H3,(H,43,61)(H,44,65)(H,45,59)(H,46,58)(H,47,64)(H,48,62)(H,49,63)(H,50,60)(H,52,53)(H,54,55)(H,56,57)(H,66,67)/t20-,21-,22+,23-,24-,25-,26-,27-,28-,32-/m0/s1. The van der Waals surface area contributed by atoms with Gasteiger partial charge in [-0.15, -0.1) is 0 Å². The number of carboxylic acids is 4. The van der Waals surface area contributed by atoms with Crippen molar-refractivity contribution >= 4 is 94.7 Å². The van der Waals surface area contributed by atoms with E-state index in [9.17, 15) is 83.1 Å². The summed E-state index contributed by atoms with van der Waals surface area (Å²) < 4.78 is 0. The molecule has 392 valence electrons. The number of hydrogen-bond donors (Lipinski definition) is 14. The molecule has 26 nitrogen and oxygen atoms in total. The Balaban J connectivity index is 6.25. The average Bonchev–Trinajstić information content (AvgIpc) is 3.25. The average molecular weight is 1020 g/mol. The number of aliphatic hydroxyl groups is 1. The fourth-order valence-corrected chi connectivity index (χ4v) is 6.97. The number of carbonyl (C=O) groups excluding carboxylic acids is 8. The third kappa shape index (κ3) is 26.0. The lowest BCUT2D eigenvalue weighted by atomic mass is 10.0. The van der Waals surface area contributed by atoms with Crippen molar-refractivity contribution in [2.75, 3.05) is 24.0 Å². The number of aliphatic carboxylic acids is 4. The molecule has 0 radical (unpaired) electrons. The number of aliphatic hydroxyl groups excluding tert-OH is 1. The van der Waals surface area contributed by atoms with Gasteiger partial charge in [-0.05, 0) is 89.2 Å². The summed E-state index contributed by atoms with van der Waals surface area (Å²) in [5.41, 5.74) is 5.85. The second-order valence-corrected chi connectivity index (χ2v) is 18.4. The molecule has 28 heteroatoms. The van der Waals surface area contributed by atoms with E-state index in [0.29, 0.717) is 5.75 Å². The Hall–Kier alpha value is -5.74. The van der Waals surface area contributed by atoms with E-state index in [4.69, 9.17) is 5.73 Å². The first-order valence-corrected chi connectivity index (χ1v) is 24.7. The van der Waals surface area contributed by atoms with E-state index >= 15 is 0 Å². The quantitative estimate of drug-likeness (QED) is 0.0298. The maximum Gasteiger partial charge on any atom is 0.326 e. The lowest BCUT2D eigenvalue weighted by molar-refractivity contribution is -0.143. The molecule has 0 aliphatic rings. The number of carboxylic acid groups (broad SMARTS) is 4. The predicted molar refractivity (Wildman–Crippen MR) is 250 cm³/mol. The van der Waals surface area contributed by atoms with Crippen LogP contribution < -0.4 is 48.3 Å². The maximum absolute atomic E-state index is 13.7. The molecule has 0 aromatic carbocycles. The molecule has 0 heterocycles. The molecule has 0 aliphatic heterocycles. The van der Waals surface area contributed by atoms with Gasteiger partial charge < -0.3 is 73.8 Å². The molecule has 69 heavy (non-hydrogen) atoms. The summed E-state index contributed by atoms with van der Waals surface area (Å²) in [5.74, 6) is -12.9. The number of nitrogens with one attached hydrogen (secondary N) is 8. The van der Waals surface area contributed by atoms with E-state index in [1.54, 1.807) is 26.4 Å². The fourth-order valence-electron chi connectivity index (χ4n) is 6.01. The monoisotopic (exact) mass is 1020 g/mol. The van der Waals surface area contributed by atoms with Gasteiger partial charge in [0.1, 0.15) is 48.3 Å². The van der Waals surface area contributed by atoms with Gasteiger partial charge in [0.25, 0.3) is 0 Å². The van der Waals surface area contributed by atoms with Gasteiger partial charge in [0.2, 0.25) is 47.3 Å². The number of carbonyl (C=O) groups is 12. The van der Waals surface area contributed by atoms with Crippen molar-refractivity contribution in [2.45, 2.75) is 153 Å². The van der Waals surface area contributed by atoms with Crippen LogP contribution >= 0.6 is 23.5 Å². The Labute approximate surface area is 407 Å². The lowest BCUT2D eigenvalue weighted by Crippen LogP contribution is -2.60. The summed E-state index contributed by atoms with van der Waals surface area (Å²) >= 11 is 2.68. The minimum Gasteiger partial charge on any atom is -0.481 e. The van der Waals surface area contributed by atoms with Crippen molar-refractivity contribution in [3.05, 3.63) is 0 Å². The van der Waals surface area contributed by atoms with Gasteiger partial charge in [0, 0.05) is 19.3 Å². The molecule has 0 unspecified atom stereocenters. The first kappa shape index (κ1) is 63.3. The molecule has 0 fully saturated rings. The maximum atomic E-state index is 13.7. The Bertz CT molecular complexity index is 1810. The highest BCUT2D eigenvalue weighted by atomic mass is 32.2. The predicted octanol–water partition coefficient (Wildman–Crippen LogP) is -3.16. The Morgan fingerprint density at radius 1 is 0.435 bits per heavy atom. The number of thioether (sulfide) groups is 2. The highest BCUT2D eigenvalue weighted by Gasteiger charge is 2.35. The van der Waals surface area contributed by atoms with Gasteiger partial charge >= 0.3 is 23.9 Å². The lowest BCUT2D eigenvalue weighted by Gasteiger charge is -2.27. The molecule has 0 rings (SSSR count). The van der Waals surface area contributed by atoms with E-state index < -0.39 is 170 Å². The van der Waals surface area contributed by atoms with Crippen molar-refractivity contribution in [1.29, 1.82) is 0 Å². The minimum absolute atomic E-state index is 0.00696. The van der Waals surface area contributed by atoms with Gasteiger partial charge in [-0.3, -0.25) is 52.7 Å². The van der Waals surface area contributed by atoms with Crippen molar-refractivity contribution in [3.63, 3.8) is 0 Å². The largest absolute Gasteiger partial charge is 0.481 e. The summed E-state index contributed by atoms with van der Waals surface area (Å²) in [6.45, 7) is 6.96. The molecule has 0 aromatic heterocycles. The van der Waals surface area contributed by atoms with Crippen LogP contribution in [-0.2, 0) is 57.5 Å². The second kappa shape index (κ2) is 32.9. The van der Waals surface area contributed by atoms with Crippen LogP contribution in [0.15, 0.2) is 0 Å². The van der Waals surface area contributed by atoms with Crippen molar-refractivity contribution in [3.8, 4) is 0 Å². The van der Waals surface area contributed by atoms with Gasteiger partial charge in [0.15, 0.2) is 0 Å². The van der Waals surface area contributed by atoms with Gasteiger partial charge in [-0.25, -0.2) is 4.79 Å². The number of hydrogen-bond acceptors (Lipinski definition) is 16. The van der Waals surface area contributed by atoms with E-state index in [1.807, 2.05) is 0 Å². The van der Waals surface area contributed by atoms with E-state index in [-0.39, 0.29) is 30.9 Å². The molecule has 0 saturated heterocycles. The van der Waals surface area contributed by atoms with Crippen LogP contribution in [0.5, 0.6) is 0 Å². The summed E-state index contributed by atoms with van der Waals surface area (Å²) in [6, 6.07) is -13.3. The fraction of sp³-hybridized carbons (Fsp3) is 0.707. The number of amides is 8. The Kier molecular flexibility index (Phi) is 30.2. The minimum atomic E-state index is -1.68. The van der Waals surface area contributed by atoms with Crippen molar-refractivity contribution < 1.29 is 83.1 Å². The SMILES string of the molecule is CSCC[C@H](NC(=O)[C@H](CCC(=O)O)NC(=O)[C@H](C)NC(=O)[C@H](CCC(=O)O)NC(=O)[C@H](C)NC(=O)[C@@H](NC(=O)[C@@H](N)CCSC)[C@@H](C)O)C(=O)N[C@@H](CCC(=O)O)C(=O)N[C@@H](CC(C)C)C(=O)O. The first-order chi connectivity index (χ1) is 32.1. The van der Waals surface area contributed by atoms with Gasteiger partial charge in [0.05, 0.1) is 12.1 Å². The van der Waals surface area contributed by atoms with Crippen LogP contribution in [0.3, 0.4) is 0 Å². The van der Waals surface area contributed by atoms with Crippen LogP contribution in [0.4, 0.5) is 0 Å². The molecule has 10 atom stereocenters. The second-order valence-electron chi connectivity index (χ2n) is 16.4.